The quantitative estimate of drug-likeness (QED) is 0.209. The molecule has 0 atom stereocenters. The van der Waals surface area contributed by atoms with Crippen molar-refractivity contribution in [1.29, 1.82) is 0 Å². The van der Waals surface area contributed by atoms with Gasteiger partial charge in [-0.3, -0.25) is 4.57 Å². The van der Waals surface area contributed by atoms with E-state index in [4.69, 9.17) is 4.98 Å². The Hall–Kier alpha value is -5.25. The van der Waals surface area contributed by atoms with Crippen LogP contribution in [0, 0.1) is 0 Å². The van der Waals surface area contributed by atoms with Crippen molar-refractivity contribution in [3.05, 3.63) is 133 Å². The van der Waals surface area contributed by atoms with Gasteiger partial charge in [-0.15, -0.1) is 11.3 Å². The number of thiophene rings is 1. The van der Waals surface area contributed by atoms with Crippen LogP contribution < -0.4 is 0 Å². The third-order valence-electron chi connectivity index (χ3n) is 8.92. The highest BCUT2D eigenvalue weighted by Gasteiger charge is 2.28. The van der Waals surface area contributed by atoms with Crippen LogP contribution in [0.2, 0.25) is 0 Å². The molecule has 0 radical (unpaired) electrons. The Morgan fingerprint density at radius 3 is 2.21 bits per heavy atom. The highest BCUT2D eigenvalue weighted by Crippen LogP contribution is 2.54. The molecule has 3 heterocycles. The second-order valence-electron chi connectivity index (χ2n) is 11.1. The van der Waals surface area contributed by atoms with Crippen LogP contribution in [0.4, 0.5) is 0 Å². The van der Waals surface area contributed by atoms with Crippen LogP contribution >= 0.6 is 11.3 Å². The molecule has 1 aliphatic rings. The fraction of sp³-hybridized carbons (Fsp3) is 0. The molecule has 0 amide bonds. The number of pyridine rings is 1. The Morgan fingerprint density at radius 2 is 1.29 bits per heavy atom. The van der Waals surface area contributed by atoms with Crippen molar-refractivity contribution in [2.75, 3.05) is 0 Å². The van der Waals surface area contributed by atoms with E-state index in [1.807, 2.05) is 11.3 Å². The number of nitrogens with zero attached hydrogens (tertiary/aromatic N) is 2. The van der Waals surface area contributed by atoms with Crippen molar-refractivity contribution >= 4 is 64.1 Å². The third kappa shape index (κ3) is 2.85. The lowest BCUT2D eigenvalue weighted by atomic mass is 9.91. The van der Waals surface area contributed by atoms with Crippen LogP contribution in [0.1, 0.15) is 0 Å². The maximum absolute atomic E-state index is 5.27. The van der Waals surface area contributed by atoms with Gasteiger partial charge in [-0.25, -0.2) is 4.98 Å². The Balaban J connectivity index is 1.47. The molecule has 9 aromatic rings. The van der Waals surface area contributed by atoms with Crippen molar-refractivity contribution in [3.63, 3.8) is 0 Å². The van der Waals surface area contributed by atoms with E-state index in [0.29, 0.717) is 0 Å². The Labute approximate surface area is 245 Å². The van der Waals surface area contributed by atoms with E-state index >= 15 is 0 Å². The first-order valence-corrected chi connectivity index (χ1v) is 15.1. The van der Waals surface area contributed by atoms with Crippen LogP contribution in [0.3, 0.4) is 0 Å². The number of rotatable bonds is 2. The van der Waals surface area contributed by atoms with Crippen LogP contribution in [-0.4, -0.2) is 9.55 Å². The molecule has 0 fully saturated rings. The van der Waals surface area contributed by atoms with Crippen molar-refractivity contribution in [3.8, 4) is 39.3 Å². The Bertz CT molecular complexity index is 2570. The van der Waals surface area contributed by atoms with Crippen molar-refractivity contribution in [1.82, 2.24) is 9.55 Å². The Morgan fingerprint density at radius 1 is 0.500 bits per heavy atom. The molecule has 0 bridgehead atoms. The molecule has 0 unspecified atom stereocenters. The Kier molecular flexibility index (Phi) is 4.36. The normalized spacial score (nSPS) is 12.3. The summed E-state index contributed by atoms with van der Waals surface area (Å²) < 4.78 is 5.02. The number of hydrogen-bond acceptors (Lipinski definition) is 2. The van der Waals surface area contributed by atoms with Gasteiger partial charge in [-0.1, -0.05) is 103 Å². The average Bonchev–Trinajstić information content (AvgIpc) is 3.55. The molecule has 3 aromatic heterocycles. The summed E-state index contributed by atoms with van der Waals surface area (Å²) in [7, 11) is 0. The lowest BCUT2D eigenvalue weighted by molar-refractivity contribution is 1.08. The summed E-state index contributed by atoms with van der Waals surface area (Å²) >= 11 is 1.88. The van der Waals surface area contributed by atoms with Crippen molar-refractivity contribution in [2.24, 2.45) is 0 Å². The van der Waals surface area contributed by atoms with Gasteiger partial charge in [0.2, 0.25) is 0 Å². The van der Waals surface area contributed by atoms with Crippen LogP contribution in [-0.2, 0) is 0 Å². The number of fused-ring (bicyclic) bond motifs is 7. The van der Waals surface area contributed by atoms with Gasteiger partial charge in [-0.2, -0.15) is 0 Å². The topological polar surface area (TPSA) is 17.8 Å². The van der Waals surface area contributed by atoms with E-state index in [0.717, 1.165) is 17.1 Å². The minimum Gasteiger partial charge on any atom is -0.294 e. The van der Waals surface area contributed by atoms with Crippen molar-refractivity contribution < 1.29 is 0 Å². The maximum atomic E-state index is 5.27. The van der Waals surface area contributed by atoms with Gasteiger partial charge in [0, 0.05) is 42.1 Å². The van der Waals surface area contributed by atoms with Gasteiger partial charge in [0.25, 0.3) is 0 Å². The van der Waals surface area contributed by atoms with Crippen LogP contribution in [0.5, 0.6) is 0 Å². The first kappa shape index (κ1) is 22.4. The van der Waals surface area contributed by atoms with Gasteiger partial charge in [0.05, 0.1) is 16.7 Å². The van der Waals surface area contributed by atoms with Crippen LogP contribution in [0.25, 0.3) is 92.1 Å². The van der Waals surface area contributed by atoms with Gasteiger partial charge in [0.1, 0.15) is 5.82 Å². The number of aromatic nitrogens is 2. The molecule has 6 aromatic carbocycles. The molecule has 0 N–H and O–H groups in total. The zero-order chi connectivity index (χ0) is 27.4. The molecule has 194 valence electrons. The fourth-order valence-electron chi connectivity index (χ4n) is 7.23. The van der Waals surface area contributed by atoms with E-state index in [9.17, 15) is 0 Å². The maximum Gasteiger partial charge on any atom is 0.138 e. The minimum absolute atomic E-state index is 0.938. The average molecular weight is 551 g/mol. The predicted molar refractivity (Wildman–Crippen MR) is 179 cm³/mol. The van der Waals surface area contributed by atoms with Gasteiger partial charge >= 0.3 is 0 Å². The predicted octanol–water partition coefficient (Wildman–Crippen LogP) is 11.0. The van der Waals surface area contributed by atoms with E-state index in [-0.39, 0.29) is 0 Å². The van der Waals surface area contributed by atoms with Crippen LogP contribution in [0.15, 0.2) is 133 Å². The molecule has 10 rings (SSSR count). The minimum atomic E-state index is 0.938. The molecule has 3 heteroatoms. The van der Waals surface area contributed by atoms with Gasteiger partial charge < -0.3 is 0 Å². The monoisotopic (exact) mass is 550 g/mol. The van der Waals surface area contributed by atoms with E-state index in [1.165, 1.54) is 75.0 Å². The first-order valence-electron chi connectivity index (χ1n) is 14.3. The fourth-order valence-corrected chi connectivity index (χ4v) is 8.38. The van der Waals surface area contributed by atoms with Gasteiger partial charge in [-0.05, 0) is 57.8 Å². The SMILES string of the molecule is c1ccc(-c2cccc(-n3c4cc5sc6ccccc6c5c5c4c4c6c(cccc6ccc43)-c3ccccc3-5)n2)cc1. The van der Waals surface area contributed by atoms with E-state index < -0.39 is 0 Å². The number of hydrogen-bond donors (Lipinski definition) is 0. The summed E-state index contributed by atoms with van der Waals surface area (Å²) in [6.07, 6.45) is 0. The standard InChI is InChI=1S/C39H22N2S/c1-2-10-23(11-3-1)29-17-9-19-34(40-29)41-30-21-20-24-12-8-16-26-25-13-4-5-14-27(25)37-36-28-15-6-7-18-32(28)42-33(36)22-31(41)39(37)38(30)35(24)26/h1-22H. The molecule has 0 saturated heterocycles. The largest absolute Gasteiger partial charge is 0.294 e. The van der Waals surface area contributed by atoms with E-state index in [1.54, 1.807) is 0 Å². The molecule has 42 heavy (non-hydrogen) atoms. The highest BCUT2D eigenvalue weighted by atomic mass is 32.1. The summed E-state index contributed by atoms with van der Waals surface area (Å²) in [5, 5.41) is 7.90. The highest BCUT2D eigenvalue weighted by molar-refractivity contribution is 7.26. The third-order valence-corrected chi connectivity index (χ3v) is 10.0. The zero-order valence-corrected chi connectivity index (χ0v) is 23.3. The molecular formula is C39H22N2S. The summed E-state index contributed by atoms with van der Waals surface area (Å²) in [6, 6.07) is 48.4. The molecular weight excluding hydrogens is 529 g/mol. The molecule has 2 nitrogen and oxygen atoms in total. The first-order chi connectivity index (χ1) is 20.8. The summed E-state index contributed by atoms with van der Waals surface area (Å²) in [5.74, 6) is 0.938. The zero-order valence-electron chi connectivity index (χ0n) is 22.5. The molecule has 1 aliphatic carbocycles. The van der Waals surface area contributed by atoms with Crippen molar-refractivity contribution in [2.45, 2.75) is 0 Å². The van der Waals surface area contributed by atoms with Gasteiger partial charge in [0.15, 0.2) is 0 Å². The smallest absolute Gasteiger partial charge is 0.138 e. The summed E-state index contributed by atoms with van der Waals surface area (Å²) in [5.41, 5.74) is 9.72. The second kappa shape index (κ2) is 8.16. The summed E-state index contributed by atoms with van der Waals surface area (Å²) in [4.78, 5) is 5.27. The number of benzene rings is 6. The van der Waals surface area contributed by atoms with E-state index in [2.05, 4.69) is 138 Å². The molecule has 0 saturated carbocycles. The summed E-state index contributed by atoms with van der Waals surface area (Å²) in [6.45, 7) is 0. The lowest BCUT2D eigenvalue weighted by Crippen LogP contribution is -1.99. The molecule has 0 spiro atoms. The molecule has 0 aliphatic heterocycles. The second-order valence-corrected chi connectivity index (χ2v) is 12.2. The lowest BCUT2D eigenvalue weighted by Gasteiger charge is -2.15.